The average molecular weight is 289 g/mol. The summed E-state index contributed by atoms with van der Waals surface area (Å²) in [7, 11) is 0. The van der Waals surface area contributed by atoms with Crippen molar-refractivity contribution in [3.05, 3.63) is 12.4 Å². The number of nitrogens with one attached hydrogen (secondary N) is 1. The molecular weight excluding hydrogens is 258 g/mol. The van der Waals surface area contributed by atoms with Crippen molar-refractivity contribution in [2.24, 2.45) is 5.92 Å². The Kier molecular flexibility index (Phi) is 5.21. The smallest absolute Gasteiger partial charge is 0.203 e. The fraction of sp³-hybridized carbons (Fsp3) is 0.833. The van der Waals surface area contributed by atoms with Gasteiger partial charge in [-0.1, -0.05) is 39.0 Å². The minimum absolute atomic E-state index is 0.642. The predicted octanol–water partition coefficient (Wildman–Crippen LogP) is 5.16. The van der Waals surface area contributed by atoms with Crippen LogP contribution in [-0.4, -0.2) is 15.6 Å². The molecule has 1 aromatic rings. The number of rotatable bonds is 5. The summed E-state index contributed by atoms with van der Waals surface area (Å²) < 4.78 is 2.41. The average Bonchev–Trinajstić information content (AvgIpc) is 2.98. The van der Waals surface area contributed by atoms with E-state index in [4.69, 9.17) is 0 Å². The molecule has 0 radical (unpaired) electrons. The highest BCUT2D eigenvalue weighted by molar-refractivity contribution is 5.28. The van der Waals surface area contributed by atoms with Gasteiger partial charge in [0.15, 0.2) is 0 Å². The van der Waals surface area contributed by atoms with Crippen molar-refractivity contribution in [3.63, 3.8) is 0 Å². The van der Waals surface area contributed by atoms with Crippen LogP contribution in [0.4, 0.5) is 5.95 Å². The molecule has 1 heterocycles. The summed E-state index contributed by atoms with van der Waals surface area (Å²) >= 11 is 0. The van der Waals surface area contributed by atoms with Crippen LogP contribution in [-0.2, 0) is 0 Å². The van der Waals surface area contributed by atoms with Gasteiger partial charge in [0.2, 0.25) is 5.95 Å². The minimum atomic E-state index is 0.642. The van der Waals surface area contributed by atoms with Crippen molar-refractivity contribution in [1.82, 2.24) is 9.55 Å². The van der Waals surface area contributed by atoms with E-state index in [1.54, 1.807) is 0 Å². The molecule has 0 bridgehead atoms. The SMILES string of the molecule is CCCC1CCC(Nc2nccn2C2CCCCC2)CC1. The second-order valence-electron chi connectivity index (χ2n) is 7.10. The molecule has 2 aliphatic carbocycles. The highest BCUT2D eigenvalue weighted by Gasteiger charge is 2.23. The molecule has 0 aromatic carbocycles. The van der Waals surface area contributed by atoms with Crippen LogP contribution in [0.2, 0.25) is 0 Å². The molecule has 1 aromatic heterocycles. The Labute approximate surface area is 129 Å². The zero-order chi connectivity index (χ0) is 14.5. The molecule has 2 saturated carbocycles. The van der Waals surface area contributed by atoms with Crippen LogP contribution in [0.1, 0.15) is 83.6 Å². The zero-order valence-electron chi connectivity index (χ0n) is 13.6. The molecule has 1 N–H and O–H groups in total. The summed E-state index contributed by atoms with van der Waals surface area (Å²) in [5.74, 6) is 2.10. The quantitative estimate of drug-likeness (QED) is 0.811. The van der Waals surface area contributed by atoms with Gasteiger partial charge in [-0.3, -0.25) is 0 Å². The molecular formula is C18H31N3. The molecule has 0 amide bonds. The number of hydrogen-bond acceptors (Lipinski definition) is 2. The summed E-state index contributed by atoms with van der Waals surface area (Å²) in [5, 5.41) is 3.74. The summed E-state index contributed by atoms with van der Waals surface area (Å²) in [5.41, 5.74) is 0. The fourth-order valence-electron chi connectivity index (χ4n) is 4.26. The van der Waals surface area contributed by atoms with Crippen LogP contribution < -0.4 is 5.32 Å². The maximum absolute atomic E-state index is 4.59. The molecule has 3 rings (SSSR count). The van der Waals surface area contributed by atoms with E-state index in [0.29, 0.717) is 12.1 Å². The highest BCUT2D eigenvalue weighted by atomic mass is 15.2. The van der Waals surface area contributed by atoms with Gasteiger partial charge in [0.25, 0.3) is 0 Å². The lowest BCUT2D eigenvalue weighted by atomic mass is 9.83. The molecule has 2 fully saturated rings. The standard InChI is InChI=1S/C18H31N3/c1-2-6-15-9-11-16(12-10-15)20-18-19-13-14-21(18)17-7-4-3-5-8-17/h13-17H,2-12H2,1H3,(H,19,20). The third-order valence-electron chi connectivity index (χ3n) is 5.51. The number of anilines is 1. The first-order valence-electron chi connectivity index (χ1n) is 9.16. The molecule has 0 spiro atoms. The van der Waals surface area contributed by atoms with E-state index in [1.807, 2.05) is 6.20 Å². The van der Waals surface area contributed by atoms with Crippen molar-refractivity contribution in [3.8, 4) is 0 Å². The summed E-state index contributed by atoms with van der Waals surface area (Å²) in [6.07, 6.45) is 19.2. The molecule has 0 saturated heterocycles. The first-order chi connectivity index (χ1) is 10.4. The van der Waals surface area contributed by atoms with Gasteiger partial charge in [0, 0.05) is 24.5 Å². The van der Waals surface area contributed by atoms with Crippen LogP contribution in [0.5, 0.6) is 0 Å². The first-order valence-corrected chi connectivity index (χ1v) is 9.16. The van der Waals surface area contributed by atoms with Crippen LogP contribution in [0.25, 0.3) is 0 Å². The fourth-order valence-corrected chi connectivity index (χ4v) is 4.26. The third kappa shape index (κ3) is 3.81. The zero-order valence-corrected chi connectivity index (χ0v) is 13.6. The number of nitrogens with zero attached hydrogens (tertiary/aromatic N) is 2. The Bertz CT molecular complexity index is 412. The van der Waals surface area contributed by atoms with E-state index in [9.17, 15) is 0 Å². The van der Waals surface area contributed by atoms with Crippen molar-refractivity contribution in [2.45, 2.75) is 89.6 Å². The van der Waals surface area contributed by atoms with Gasteiger partial charge >= 0.3 is 0 Å². The Morgan fingerprint density at radius 2 is 1.86 bits per heavy atom. The number of imidazole rings is 1. The van der Waals surface area contributed by atoms with Crippen LogP contribution in [0.15, 0.2) is 12.4 Å². The van der Waals surface area contributed by atoms with Crippen molar-refractivity contribution in [2.75, 3.05) is 5.32 Å². The molecule has 0 atom stereocenters. The van der Waals surface area contributed by atoms with Gasteiger partial charge in [-0.15, -0.1) is 0 Å². The molecule has 2 aliphatic rings. The van der Waals surface area contributed by atoms with Crippen LogP contribution in [0, 0.1) is 5.92 Å². The van der Waals surface area contributed by atoms with Gasteiger partial charge in [-0.25, -0.2) is 4.98 Å². The lowest BCUT2D eigenvalue weighted by molar-refractivity contribution is 0.315. The van der Waals surface area contributed by atoms with E-state index in [0.717, 1.165) is 11.9 Å². The van der Waals surface area contributed by atoms with Crippen molar-refractivity contribution >= 4 is 5.95 Å². The molecule has 21 heavy (non-hydrogen) atoms. The molecule has 0 aliphatic heterocycles. The molecule has 3 heteroatoms. The van der Waals surface area contributed by atoms with Crippen molar-refractivity contribution < 1.29 is 0 Å². The second kappa shape index (κ2) is 7.33. The molecule has 0 unspecified atom stereocenters. The number of hydrogen-bond donors (Lipinski definition) is 1. The summed E-state index contributed by atoms with van der Waals surface area (Å²) in [6.45, 7) is 2.31. The number of aromatic nitrogens is 2. The minimum Gasteiger partial charge on any atom is -0.353 e. The van der Waals surface area contributed by atoms with Crippen molar-refractivity contribution in [1.29, 1.82) is 0 Å². The second-order valence-corrected chi connectivity index (χ2v) is 7.10. The van der Waals surface area contributed by atoms with Gasteiger partial charge in [0.1, 0.15) is 0 Å². The Morgan fingerprint density at radius 3 is 2.57 bits per heavy atom. The van der Waals surface area contributed by atoms with E-state index < -0.39 is 0 Å². The summed E-state index contributed by atoms with van der Waals surface area (Å²) in [6, 6.07) is 1.32. The van der Waals surface area contributed by atoms with Gasteiger partial charge in [-0.05, 0) is 44.4 Å². The van der Waals surface area contributed by atoms with E-state index >= 15 is 0 Å². The largest absolute Gasteiger partial charge is 0.353 e. The van der Waals surface area contributed by atoms with Crippen LogP contribution >= 0.6 is 0 Å². The normalized spacial score (nSPS) is 27.7. The molecule has 3 nitrogen and oxygen atoms in total. The van der Waals surface area contributed by atoms with Gasteiger partial charge < -0.3 is 9.88 Å². The maximum atomic E-state index is 4.59. The van der Waals surface area contributed by atoms with E-state index in [2.05, 4.69) is 28.0 Å². The van der Waals surface area contributed by atoms with Gasteiger partial charge in [0.05, 0.1) is 0 Å². The van der Waals surface area contributed by atoms with Gasteiger partial charge in [-0.2, -0.15) is 0 Å². The lowest BCUT2D eigenvalue weighted by Gasteiger charge is -2.31. The Morgan fingerprint density at radius 1 is 1.10 bits per heavy atom. The third-order valence-corrected chi connectivity index (χ3v) is 5.51. The van der Waals surface area contributed by atoms with Crippen LogP contribution in [0.3, 0.4) is 0 Å². The van der Waals surface area contributed by atoms with E-state index in [1.165, 1.54) is 70.6 Å². The first kappa shape index (κ1) is 14.9. The topological polar surface area (TPSA) is 29.9 Å². The predicted molar refractivity (Wildman–Crippen MR) is 88.6 cm³/mol. The highest BCUT2D eigenvalue weighted by Crippen LogP contribution is 2.32. The molecule has 118 valence electrons. The monoisotopic (exact) mass is 289 g/mol. The Hall–Kier alpha value is -0.990. The lowest BCUT2D eigenvalue weighted by Crippen LogP contribution is -2.28. The summed E-state index contributed by atoms with van der Waals surface area (Å²) in [4.78, 5) is 4.59. The maximum Gasteiger partial charge on any atom is 0.203 e. The Balaban J connectivity index is 1.55. The van der Waals surface area contributed by atoms with E-state index in [-0.39, 0.29) is 0 Å².